The summed E-state index contributed by atoms with van der Waals surface area (Å²) in [6.07, 6.45) is 5.51. The summed E-state index contributed by atoms with van der Waals surface area (Å²) in [6.45, 7) is 3.03. The Balaban J connectivity index is 2.15. The van der Waals surface area contributed by atoms with Crippen LogP contribution >= 0.6 is 0 Å². The molecule has 0 aliphatic carbocycles. The van der Waals surface area contributed by atoms with Crippen LogP contribution in [0.25, 0.3) is 10.9 Å². The van der Waals surface area contributed by atoms with Crippen LogP contribution < -0.4 is 5.32 Å². The normalized spacial score (nSPS) is 12.4. The van der Waals surface area contributed by atoms with Crippen LogP contribution in [0.2, 0.25) is 0 Å². The highest BCUT2D eigenvalue weighted by Gasteiger charge is 2.15. The fraction of sp³-hybridized carbons (Fsp3) is 0.176. The van der Waals surface area contributed by atoms with E-state index in [4.69, 9.17) is 0 Å². The van der Waals surface area contributed by atoms with E-state index in [1.165, 1.54) is 16.5 Å². The maximum Gasteiger partial charge on any atom is 0.0705 e. The monoisotopic (exact) mass is 263 g/mol. The van der Waals surface area contributed by atoms with E-state index < -0.39 is 0 Å². The molecule has 1 aromatic carbocycles. The summed E-state index contributed by atoms with van der Waals surface area (Å²) >= 11 is 0. The van der Waals surface area contributed by atoms with Gasteiger partial charge in [-0.15, -0.1) is 0 Å². The summed E-state index contributed by atoms with van der Waals surface area (Å²) in [6, 6.07) is 14.7. The standard InChI is InChI=1S/C17H17N3/c1-2-19-17(13-8-11-18-12-9-13)15-5-3-7-16-14(15)6-4-10-20-16/h3-12,17,19H,2H2,1H3. The Bertz CT molecular complexity index is 689. The zero-order chi connectivity index (χ0) is 13.8. The molecule has 1 N–H and O–H groups in total. The predicted octanol–water partition coefficient (Wildman–Crippen LogP) is 3.33. The maximum absolute atomic E-state index is 4.44. The molecule has 20 heavy (non-hydrogen) atoms. The van der Waals surface area contributed by atoms with Crippen molar-refractivity contribution in [3.63, 3.8) is 0 Å². The van der Waals surface area contributed by atoms with E-state index in [9.17, 15) is 0 Å². The van der Waals surface area contributed by atoms with Gasteiger partial charge in [0.15, 0.2) is 0 Å². The van der Waals surface area contributed by atoms with Crippen molar-refractivity contribution in [3.05, 3.63) is 72.2 Å². The Morgan fingerprint density at radius 1 is 1.00 bits per heavy atom. The van der Waals surface area contributed by atoms with Gasteiger partial charge in [0, 0.05) is 24.0 Å². The number of nitrogens with zero attached hydrogens (tertiary/aromatic N) is 2. The largest absolute Gasteiger partial charge is 0.307 e. The number of hydrogen-bond donors (Lipinski definition) is 1. The van der Waals surface area contributed by atoms with Gasteiger partial charge in [0.1, 0.15) is 0 Å². The van der Waals surface area contributed by atoms with Gasteiger partial charge in [0.05, 0.1) is 11.6 Å². The van der Waals surface area contributed by atoms with E-state index >= 15 is 0 Å². The van der Waals surface area contributed by atoms with Crippen molar-refractivity contribution in [1.82, 2.24) is 15.3 Å². The van der Waals surface area contributed by atoms with E-state index in [2.05, 4.69) is 52.5 Å². The third-order valence-corrected chi connectivity index (χ3v) is 3.44. The van der Waals surface area contributed by atoms with Gasteiger partial charge in [-0.1, -0.05) is 25.1 Å². The predicted molar refractivity (Wildman–Crippen MR) is 81.5 cm³/mol. The number of benzene rings is 1. The first-order chi connectivity index (χ1) is 9.90. The minimum absolute atomic E-state index is 0.163. The number of pyridine rings is 2. The molecule has 0 saturated heterocycles. The molecule has 0 amide bonds. The van der Waals surface area contributed by atoms with E-state index in [0.717, 1.165) is 12.1 Å². The lowest BCUT2D eigenvalue weighted by atomic mass is 9.96. The molecule has 100 valence electrons. The molecule has 3 heteroatoms. The van der Waals surface area contributed by atoms with Gasteiger partial charge in [-0.05, 0) is 41.9 Å². The lowest BCUT2D eigenvalue weighted by Gasteiger charge is -2.20. The summed E-state index contributed by atoms with van der Waals surface area (Å²) in [5.74, 6) is 0. The molecule has 0 radical (unpaired) electrons. The number of rotatable bonds is 4. The smallest absolute Gasteiger partial charge is 0.0705 e. The third kappa shape index (κ3) is 2.40. The molecular weight excluding hydrogens is 246 g/mol. The average molecular weight is 263 g/mol. The molecule has 0 aliphatic rings. The third-order valence-electron chi connectivity index (χ3n) is 3.44. The lowest BCUT2D eigenvalue weighted by molar-refractivity contribution is 0.633. The van der Waals surface area contributed by atoms with Gasteiger partial charge in [-0.3, -0.25) is 9.97 Å². The second-order valence-corrected chi connectivity index (χ2v) is 4.69. The highest BCUT2D eigenvalue weighted by atomic mass is 14.9. The fourth-order valence-electron chi connectivity index (χ4n) is 2.55. The average Bonchev–Trinajstić information content (AvgIpc) is 2.53. The molecule has 3 aromatic rings. The van der Waals surface area contributed by atoms with E-state index in [0.29, 0.717) is 0 Å². The van der Waals surface area contributed by atoms with Gasteiger partial charge < -0.3 is 5.32 Å². The second kappa shape index (κ2) is 5.80. The molecule has 0 saturated carbocycles. The molecular formula is C17H17N3. The Hall–Kier alpha value is -2.26. The van der Waals surface area contributed by atoms with E-state index in [-0.39, 0.29) is 6.04 Å². The number of fused-ring (bicyclic) bond motifs is 1. The van der Waals surface area contributed by atoms with Gasteiger partial charge in [-0.2, -0.15) is 0 Å². The summed E-state index contributed by atoms with van der Waals surface area (Å²) in [7, 11) is 0. The van der Waals surface area contributed by atoms with Crippen LogP contribution in [0.4, 0.5) is 0 Å². The first-order valence-corrected chi connectivity index (χ1v) is 6.87. The highest BCUT2D eigenvalue weighted by molar-refractivity contribution is 5.82. The molecule has 0 spiro atoms. The van der Waals surface area contributed by atoms with E-state index in [1.54, 1.807) is 0 Å². The molecule has 1 atom stereocenters. The van der Waals surface area contributed by atoms with Crippen LogP contribution in [-0.2, 0) is 0 Å². The molecule has 2 heterocycles. The Labute approximate surface area is 118 Å². The van der Waals surface area contributed by atoms with Crippen molar-refractivity contribution < 1.29 is 0 Å². The molecule has 2 aromatic heterocycles. The number of hydrogen-bond acceptors (Lipinski definition) is 3. The topological polar surface area (TPSA) is 37.8 Å². The van der Waals surface area contributed by atoms with Crippen LogP contribution in [0.15, 0.2) is 61.1 Å². The lowest BCUT2D eigenvalue weighted by Crippen LogP contribution is -2.22. The first-order valence-electron chi connectivity index (χ1n) is 6.87. The molecule has 3 nitrogen and oxygen atoms in total. The van der Waals surface area contributed by atoms with Gasteiger partial charge in [0.2, 0.25) is 0 Å². The van der Waals surface area contributed by atoms with E-state index in [1.807, 2.05) is 30.7 Å². The van der Waals surface area contributed by atoms with Gasteiger partial charge >= 0.3 is 0 Å². The molecule has 0 bridgehead atoms. The minimum Gasteiger partial charge on any atom is -0.307 e. The highest BCUT2D eigenvalue weighted by Crippen LogP contribution is 2.27. The fourth-order valence-corrected chi connectivity index (χ4v) is 2.55. The Morgan fingerprint density at radius 3 is 2.65 bits per heavy atom. The first kappa shape index (κ1) is 12.8. The van der Waals surface area contributed by atoms with Gasteiger partial charge in [0.25, 0.3) is 0 Å². The van der Waals surface area contributed by atoms with Crippen LogP contribution in [-0.4, -0.2) is 16.5 Å². The molecule has 1 unspecified atom stereocenters. The maximum atomic E-state index is 4.44. The summed E-state index contributed by atoms with van der Waals surface area (Å²) in [5.41, 5.74) is 3.50. The van der Waals surface area contributed by atoms with Crippen molar-refractivity contribution in [3.8, 4) is 0 Å². The van der Waals surface area contributed by atoms with Crippen LogP contribution in [0.5, 0.6) is 0 Å². The summed E-state index contributed by atoms with van der Waals surface area (Å²) in [4.78, 5) is 8.54. The van der Waals surface area contributed by atoms with Crippen molar-refractivity contribution in [2.45, 2.75) is 13.0 Å². The van der Waals surface area contributed by atoms with Crippen molar-refractivity contribution >= 4 is 10.9 Å². The van der Waals surface area contributed by atoms with Gasteiger partial charge in [-0.25, -0.2) is 0 Å². The minimum atomic E-state index is 0.163. The number of nitrogens with one attached hydrogen (secondary N) is 1. The Kier molecular flexibility index (Phi) is 3.70. The number of aromatic nitrogens is 2. The zero-order valence-corrected chi connectivity index (χ0v) is 11.5. The van der Waals surface area contributed by atoms with Crippen molar-refractivity contribution in [2.75, 3.05) is 6.54 Å². The molecule has 3 rings (SSSR count). The van der Waals surface area contributed by atoms with Crippen molar-refractivity contribution in [1.29, 1.82) is 0 Å². The second-order valence-electron chi connectivity index (χ2n) is 4.69. The van der Waals surface area contributed by atoms with Crippen LogP contribution in [0.1, 0.15) is 24.1 Å². The van der Waals surface area contributed by atoms with Crippen LogP contribution in [0, 0.1) is 0 Å². The van der Waals surface area contributed by atoms with Crippen LogP contribution in [0.3, 0.4) is 0 Å². The van der Waals surface area contributed by atoms with Crippen molar-refractivity contribution in [2.24, 2.45) is 0 Å². The quantitative estimate of drug-likeness (QED) is 0.784. The SMILES string of the molecule is CCNC(c1ccncc1)c1cccc2ncccc12. The zero-order valence-electron chi connectivity index (χ0n) is 11.5. The molecule has 0 aliphatic heterocycles. The molecule has 0 fully saturated rings. The summed E-state index contributed by atoms with van der Waals surface area (Å²) < 4.78 is 0. The Morgan fingerprint density at radius 2 is 1.85 bits per heavy atom. The summed E-state index contributed by atoms with van der Waals surface area (Å²) in [5, 5.41) is 4.74.